The Kier molecular flexibility index (Phi) is 6.12. The van der Waals surface area contributed by atoms with E-state index in [9.17, 15) is 9.59 Å². The molecule has 0 unspecified atom stereocenters. The van der Waals surface area contributed by atoms with E-state index in [2.05, 4.69) is 0 Å². The maximum Gasteiger partial charge on any atom is 0.226 e. The van der Waals surface area contributed by atoms with Crippen LogP contribution < -0.4 is 4.90 Å². The van der Waals surface area contributed by atoms with Crippen molar-refractivity contribution in [1.29, 1.82) is 0 Å². The van der Waals surface area contributed by atoms with Crippen LogP contribution in [0.2, 0.25) is 0 Å². The van der Waals surface area contributed by atoms with Crippen molar-refractivity contribution >= 4 is 17.4 Å². The Balaban J connectivity index is 2.46. The number of Topliss-reactive ketones (excluding diaryl/α,β-unsaturated/α-hetero) is 1. The summed E-state index contributed by atoms with van der Waals surface area (Å²) >= 11 is 0. The molecule has 98 valence electrons. The van der Waals surface area contributed by atoms with E-state index in [0.717, 1.165) is 18.5 Å². The topological polar surface area (TPSA) is 37.4 Å². The highest BCUT2D eigenvalue weighted by atomic mass is 16.2. The van der Waals surface area contributed by atoms with Gasteiger partial charge in [0, 0.05) is 25.1 Å². The number of para-hydroxylation sites is 1. The molecule has 3 heteroatoms. The van der Waals surface area contributed by atoms with Gasteiger partial charge in [-0.15, -0.1) is 0 Å². The standard InChI is InChI=1S/C15H21NO2/c1-3-16(14-10-5-4-6-11-14)15(18)12-8-7-9-13(2)17/h4-6,10-11H,3,7-9,12H2,1-2H3. The van der Waals surface area contributed by atoms with Crippen LogP contribution in [0.3, 0.4) is 0 Å². The van der Waals surface area contributed by atoms with Gasteiger partial charge in [-0.3, -0.25) is 4.79 Å². The minimum atomic E-state index is 0.132. The molecule has 1 amide bonds. The minimum absolute atomic E-state index is 0.132. The lowest BCUT2D eigenvalue weighted by Gasteiger charge is -2.20. The molecule has 0 heterocycles. The average molecular weight is 247 g/mol. The van der Waals surface area contributed by atoms with Crippen molar-refractivity contribution in [3.63, 3.8) is 0 Å². The largest absolute Gasteiger partial charge is 0.313 e. The fourth-order valence-electron chi connectivity index (χ4n) is 1.90. The van der Waals surface area contributed by atoms with Crippen molar-refractivity contribution in [2.24, 2.45) is 0 Å². The van der Waals surface area contributed by atoms with E-state index in [0.29, 0.717) is 19.4 Å². The maximum atomic E-state index is 12.1. The zero-order valence-corrected chi connectivity index (χ0v) is 11.2. The van der Waals surface area contributed by atoms with Crippen molar-refractivity contribution in [1.82, 2.24) is 0 Å². The molecule has 1 rings (SSSR count). The van der Waals surface area contributed by atoms with E-state index >= 15 is 0 Å². The molecule has 0 fully saturated rings. The van der Waals surface area contributed by atoms with Gasteiger partial charge in [0.15, 0.2) is 0 Å². The van der Waals surface area contributed by atoms with Gasteiger partial charge in [0.05, 0.1) is 0 Å². The molecule has 0 aromatic heterocycles. The van der Waals surface area contributed by atoms with Crippen LogP contribution in [0.1, 0.15) is 39.5 Å². The van der Waals surface area contributed by atoms with Crippen molar-refractivity contribution in [2.75, 3.05) is 11.4 Å². The Morgan fingerprint density at radius 2 is 1.67 bits per heavy atom. The highest BCUT2D eigenvalue weighted by Crippen LogP contribution is 2.15. The number of carbonyl (C=O) groups is 2. The Morgan fingerprint density at radius 3 is 2.22 bits per heavy atom. The molecule has 0 atom stereocenters. The van der Waals surface area contributed by atoms with Gasteiger partial charge in [-0.2, -0.15) is 0 Å². The van der Waals surface area contributed by atoms with E-state index in [1.807, 2.05) is 37.3 Å². The van der Waals surface area contributed by atoms with E-state index < -0.39 is 0 Å². The van der Waals surface area contributed by atoms with Crippen molar-refractivity contribution in [3.8, 4) is 0 Å². The van der Waals surface area contributed by atoms with Gasteiger partial charge in [0.2, 0.25) is 5.91 Å². The molecule has 1 aromatic carbocycles. The Hall–Kier alpha value is -1.64. The maximum absolute atomic E-state index is 12.1. The molecule has 0 aliphatic carbocycles. The van der Waals surface area contributed by atoms with Crippen molar-refractivity contribution in [2.45, 2.75) is 39.5 Å². The summed E-state index contributed by atoms with van der Waals surface area (Å²) in [6.07, 6.45) is 2.66. The number of hydrogen-bond acceptors (Lipinski definition) is 2. The molecule has 18 heavy (non-hydrogen) atoms. The van der Waals surface area contributed by atoms with E-state index in [-0.39, 0.29) is 11.7 Å². The highest BCUT2D eigenvalue weighted by Gasteiger charge is 2.12. The zero-order valence-electron chi connectivity index (χ0n) is 11.2. The summed E-state index contributed by atoms with van der Waals surface area (Å²) in [7, 11) is 0. The molecule has 0 aliphatic heterocycles. The number of rotatable bonds is 7. The predicted octanol–water partition coefficient (Wildman–Crippen LogP) is 3.19. The second-order valence-electron chi connectivity index (χ2n) is 4.38. The Bertz CT molecular complexity index is 387. The second-order valence-corrected chi connectivity index (χ2v) is 4.38. The number of anilines is 1. The first-order chi connectivity index (χ1) is 8.65. The summed E-state index contributed by atoms with van der Waals surface area (Å²) in [5.41, 5.74) is 0.941. The molecule has 0 saturated heterocycles. The third-order valence-electron chi connectivity index (χ3n) is 2.85. The molecular formula is C15H21NO2. The number of nitrogens with zero attached hydrogens (tertiary/aromatic N) is 1. The Morgan fingerprint density at radius 1 is 1.06 bits per heavy atom. The number of carbonyl (C=O) groups excluding carboxylic acids is 2. The number of unbranched alkanes of at least 4 members (excludes halogenated alkanes) is 1. The smallest absolute Gasteiger partial charge is 0.226 e. The number of amides is 1. The monoisotopic (exact) mass is 247 g/mol. The van der Waals surface area contributed by atoms with Crippen LogP contribution in [0.15, 0.2) is 30.3 Å². The molecule has 0 radical (unpaired) electrons. The van der Waals surface area contributed by atoms with Crippen molar-refractivity contribution < 1.29 is 9.59 Å². The number of hydrogen-bond donors (Lipinski definition) is 0. The van der Waals surface area contributed by atoms with Crippen LogP contribution in [0.5, 0.6) is 0 Å². The van der Waals surface area contributed by atoms with Gasteiger partial charge < -0.3 is 9.69 Å². The lowest BCUT2D eigenvalue weighted by Crippen LogP contribution is -2.30. The first kappa shape index (κ1) is 14.4. The van der Waals surface area contributed by atoms with Crippen LogP contribution in [-0.2, 0) is 9.59 Å². The number of ketones is 1. The van der Waals surface area contributed by atoms with Gasteiger partial charge in [-0.1, -0.05) is 18.2 Å². The van der Waals surface area contributed by atoms with Gasteiger partial charge in [0.25, 0.3) is 0 Å². The normalized spacial score (nSPS) is 10.1. The van der Waals surface area contributed by atoms with Crippen molar-refractivity contribution in [3.05, 3.63) is 30.3 Å². The van der Waals surface area contributed by atoms with E-state index in [4.69, 9.17) is 0 Å². The molecule has 0 aliphatic rings. The van der Waals surface area contributed by atoms with Gasteiger partial charge in [-0.25, -0.2) is 0 Å². The zero-order chi connectivity index (χ0) is 13.4. The first-order valence-corrected chi connectivity index (χ1v) is 6.50. The lowest BCUT2D eigenvalue weighted by atomic mass is 10.1. The second kappa shape index (κ2) is 7.64. The predicted molar refractivity (Wildman–Crippen MR) is 73.6 cm³/mol. The van der Waals surface area contributed by atoms with Crippen LogP contribution >= 0.6 is 0 Å². The highest BCUT2D eigenvalue weighted by molar-refractivity contribution is 5.93. The average Bonchev–Trinajstić information content (AvgIpc) is 2.36. The summed E-state index contributed by atoms with van der Waals surface area (Å²) in [6, 6.07) is 9.69. The number of benzene rings is 1. The molecule has 0 saturated carbocycles. The summed E-state index contributed by atoms with van der Waals surface area (Å²) < 4.78 is 0. The third-order valence-corrected chi connectivity index (χ3v) is 2.85. The lowest BCUT2D eigenvalue weighted by molar-refractivity contribution is -0.119. The van der Waals surface area contributed by atoms with Gasteiger partial charge in [0.1, 0.15) is 5.78 Å². The summed E-state index contributed by atoms with van der Waals surface area (Å²) in [6.45, 7) is 4.24. The van der Waals surface area contributed by atoms with E-state index in [1.165, 1.54) is 0 Å². The fraction of sp³-hybridized carbons (Fsp3) is 0.467. The molecule has 0 bridgehead atoms. The van der Waals surface area contributed by atoms with Gasteiger partial charge in [-0.05, 0) is 38.8 Å². The third kappa shape index (κ3) is 4.70. The fourth-order valence-corrected chi connectivity index (χ4v) is 1.90. The minimum Gasteiger partial charge on any atom is -0.313 e. The summed E-state index contributed by atoms with van der Waals surface area (Å²) in [5, 5.41) is 0. The summed E-state index contributed by atoms with van der Waals surface area (Å²) in [5.74, 6) is 0.324. The Labute approximate surface area is 109 Å². The van der Waals surface area contributed by atoms with Crippen LogP contribution in [0, 0.1) is 0 Å². The van der Waals surface area contributed by atoms with Crippen LogP contribution in [-0.4, -0.2) is 18.2 Å². The first-order valence-electron chi connectivity index (χ1n) is 6.50. The van der Waals surface area contributed by atoms with Crippen LogP contribution in [0.25, 0.3) is 0 Å². The van der Waals surface area contributed by atoms with Gasteiger partial charge >= 0.3 is 0 Å². The molecule has 0 N–H and O–H groups in total. The molecule has 3 nitrogen and oxygen atoms in total. The van der Waals surface area contributed by atoms with E-state index in [1.54, 1.807) is 11.8 Å². The quantitative estimate of drug-likeness (QED) is 0.694. The molecule has 0 spiro atoms. The molecular weight excluding hydrogens is 226 g/mol. The molecule has 1 aromatic rings. The summed E-state index contributed by atoms with van der Waals surface area (Å²) in [4.78, 5) is 24.7. The SMILES string of the molecule is CCN(C(=O)CCCCC(C)=O)c1ccccc1. The van der Waals surface area contributed by atoms with Crippen LogP contribution in [0.4, 0.5) is 5.69 Å².